The fraction of sp³-hybridized carbons (Fsp3) is 0.462. The molecule has 7 nitrogen and oxygen atoms in total. The van der Waals surface area contributed by atoms with E-state index in [1.54, 1.807) is 25.7 Å². The van der Waals surface area contributed by atoms with Gasteiger partial charge in [0.1, 0.15) is 6.33 Å². The molecule has 0 bridgehead atoms. The maximum atomic E-state index is 12.1. The Bertz CT molecular complexity index is 575. The van der Waals surface area contributed by atoms with Crippen LogP contribution in [0, 0.1) is 6.92 Å². The average Bonchev–Trinajstić information content (AvgIpc) is 3.04. The SMILES string of the molecule is COCCn1cnnc1[C@@H](C)NC(=O)c1cc[nH]c1C. The molecule has 0 aliphatic heterocycles. The predicted molar refractivity (Wildman–Crippen MR) is 73.3 cm³/mol. The van der Waals surface area contributed by atoms with Gasteiger partial charge >= 0.3 is 0 Å². The molecule has 2 rings (SSSR count). The zero-order valence-corrected chi connectivity index (χ0v) is 11.9. The first-order chi connectivity index (χ1) is 9.63. The van der Waals surface area contributed by atoms with Crippen molar-refractivity contribution in [1.82, 2.24) is 25.1 Å². The standard InChI is InChI=1S/C13H19N5O2/c1-9-11(4-5-14-9)13(19)16-10(2)12-17-15-8-18(12)6-7-20-3/h4-5,8,10,14H,6-7H2,1-3H3,(H,16,19)/t10-/m1/s1. The van der Waals surface area contributed by atoms with Crippen LogP contribution in [0.4, 0.5) is 0 Å². The highest BCUT2D eigenvalue weighted by Crippen LogP contribution is 2.12. The van der Waals surface area contributed by atoms with Gasteiger partial charge in [0.05, 0.1) is 18.2 Å². The molecule has 0 aromatic carbocycles. The molecular formula is C13H19N5O2. The molecule has 0 aliphatic carbocycles. The summed E-state index contributed by atoms with van der Waals surface area (Å²) in [4.78, 5) is 15.1. The summed E-state index contributed by atoms with van der Waals surface area (Å²) in [5, 5.41) is 10.9. The third-order valence-electron chi connectivity index (χ3n) is 3.12. The molecule has 0 unspecified atom stereocenters. The highest BCUT2D eigenvalue weighted by molar-refractivity contribution is 5.95. The number of H-pyrrole nitrogens is 1. The van der Waals surface area contributed by atoms with Crippen LogP contribution in [0.2, 0.25) is 0 Å². The first-order valence-electron chi connectivity index (χ1n) is 6.45. The van der Waals surface area contributed by atoms with E-state index in [4.69, 9.17) is 4.74 Å². The molecule has 7 heteroatoms. The fourth-order valence-corrected chi connectivity index (χ4v) is 2.00. The molecule has 1 atom stereocenters. The van der Waals surface area contributed by atoms with Crippen LogP contribution >= 0.6 is 0 Å². The van der Waals surface area contributed by atoms with Gasteiger partial charge in [0.2, 0.25) is 0 Å². The summed E-state index contributed by atoms with van der Waals surface area (Å²) >= 11 is 0. The normalized spacial score (nSPS) is 12.3. The van der Waals surface area contributed by atoms with Gasteiger partial charge < -0.3 is 19.6 Å². The quantitative estimate of drug-likeness (QED) is 0.826. The van der Waals surface area contributed by atoms with Crippen molar-refractivity contribution in [2.75, 3.05) is 13.7 Å². The van der Waals surface area contributed by atoms with E-state index in [1.165, 1.54) is 0 Å². The van der Waals surface area contributed by atoms with Crippen LogP contribution in [0.5, 0.6) is 0 Å². The summed E-state index contributed by atoms with van der Waals surface area (Å²) in [5.74, 6) is 0.584. The number of methoxy groups -OCH3 is 1. The Morgan fingerprint density at radius 1 is 1.60 bits per heavy atom. The Balaban J connectivity index is 2.05. The number of hydrogen-bond acceptors (Lipinski definition) is 4. The number of nitrogens with zero attached hydrogens (tertiary/aromatic N) is 3. The summed E-state index contributed by atoms with van der Waals surface area (Å²) in [6.45, 7) is 4.97. The van der Waals surface area contributed by atoms with Crippen molar-refractivity contribution in [3.63, 3.8) is 0 Å². The highest BCUT2D eigenvalue weighted by Gasteiger charge is 2.17. The minimum atomic E-state index is -0.226. The van der Waals surface area contributed by atoms with Crippen LogP contribution in [0.3, 0.4) is 0 Å². The molecule has 0 spiro atoms. The van der Waals surface area contributed by atoms with E-state index in [0.29, 0.717) is 24.5 Å². The van der Waals surface area contributed by atoms with E-state index in [9.17, 15) is 4.79 Å². The van der Waals surface area contributed by atoms with Crippen molar-refractivity contribution in [3.05, 3.63) is 35.7 Å². The molecule has 2 N–H and O–H groups in total. The number of nitrogens with one attached hydrogen (secondary N) is 2. The van der Waals surface area contributed by atoms with E-state index < -0.39 is 0 Å². The number of aromatic nitrogens is 4. The van der Waals surface area contributed by atoms with Crippen LogP contribution in [-0.4, -0.2) is 39.4 Å². The average molecular weight is 277 g/mol. The van der Waals surface area contributed by atoms with Gasteiger partial charge in [-0.05, 0) is 19.9 Å². The molecule has 2 heterocycles. The lowest BCUT2D eigenvalue weighted by molar-refractivity contribution is 0.0936. The molecule has 108 valence electrons. The summed E-state index contributed by atoms with van der Waals surface area (Å²) in [7, 11) is 1.64. The predicted octanol–water partition coefficient (Wildman–Crippen LogP) is 1.05. The summed E-state index contributed by atoms with van der Waals surface area (Å²) < 4.78 is 6.91. The lowest BCUT2D eigenvalue weighted by atomic mass is 10.2. The topological polar surface area (TPSA) is 84.8 Å². The molecule has 0 saturated carbocycles. The fourth-order valence-electron chi connectivity index (χ4n) is 2.00. The van der Waals surface area contributed by atoms with Gasteiger partial charge in [0.25, 0.3) is 5.91 Å². The third kappa shape index (κ3) is 3.05. The molecule has 0 saturated heterocycles. The number of hydrogen-bond donors (Lipinski definition) is 2. The smallest absolute Gasteiger partial charge is 0.253 e. The molecule has 2 aromatic rings. The first kappa shape index (κ1) is 14.3. The zero-order chi connectivity index (χ0) is 14.5. The largest absolute Gasteiger partial charge is 0.383 e. The van der Waals surface area contributed by atoms with Gasteiger partial charge in [0.15, 0.2) is 5.82 Å². The maximum absolute atomic E-state index is 12.1. The molecule has 0 aliphatic rings. The molecular weight excluding hydrogens is 258 g/mol. The molecule has 1 amide bonds. The number of rotatable bonds is 6. The maximum Gasteiger partial charge on any atom is 0.253 e. The zero-order valence-electron chi connectivity index (χ0n) is 11.9. The Kier molecular flexibility index (Phi) is 4.52. The highest BCUT2D eigenvalue weighted by atomic mass is 16.5. The van der Waals surface area contributed by atoms with Gasteiger partial charge in [0, 0.05) is 25.5 Å². The number of amides is 1. The van der Waals surface area contributed by atoms with E-state index in [0.717, 1.165) is 5.69 Å². The minimum Gasteiger partial charge on any atom is -0.383 e. The van der Waals surface area contributed by atoms with Gasteiger partial charge in [-0.3, -0.25) is 4.79 Å². The van der Waals surface area contributed by atoms with E-state index in [2.05, 4.69) is 20.5 Å². The lowest BCUT2D eigenvalue weighted by Gasteiger charge is -2.14. The van der Waals surface area contributed by atoms with Crippen LogP contribution in [0.15, 0.2) is 18.6 Å². The minimum absolute atomic E-state index is 0.127. The van der Waals surface area contributed by atoms with Crippen molar-refractivity contribution >= 4 is 5.91 Å². The number of aryl methyl sites for hydroxylation is 1. The van der Waals surface area contributed by atoms with Crippen molar-refractivity contribution in [2.45, 2.75) is 26.4 Å². The first-order valence-corrected chi connectivity index (χ1v) is 6.45. The second-order valence-electron chi connectivity index (χ2n) is 4.59. The Morgan fingerprint density at radius 2 is 2.40 bits per heavy atom. The summed E-state index contributed by atoms with van der Waals surface area (Å²) in [5.41, 5.74) is 1.48. The number of aromatic amines is 1. The Labute approximate surface area is 117 Å². The third-order valence-corrected chi connectivity index (χ3v) is 3.12. The molecule has 0 fully saturated rings. The lowest BCUT2D eigenvalue weighted by Crippen LogP contribution is -2.29. The Hall–Kier alpha value is -2.15. The van der Waals surface area contributed by atoms with E-state index in [-0.39, 0.29) is 11.9 Å². The number of carbonyl (C=O) groups is 1. The van der Waals surface area contributed by atoms with Crippen molar-refractivity contribution in [3.8, 4) is 0 Å². The van der Waals surface area contributed by atoms with Crippen molar-refractivity contribution in [2.24, 2.45) is 0 Å². The Morgan fingerprint density at radius 3 is 3.05 bits per heavy atom. The van der Waals surface area contributed by atoms with E-state index >= 15 is 0 Å². The van der Waals surface area contributed by atoms with Gasteiger partial charge in [-0.1, -0.05) is 0 Å². The van der Waals surface area contributed by atoms with Gasteiger partial charge in [-0.2, -0.15) is 0 Å². The van der Waals surface area contributed by atoms with Crippen LogP contribution in [0.1, 0.15) is 34.8 Å². The van der Waals surface area contributed by atoms with Gasteiger partial charge in [-0.15, -0.1) is 10.2 Å². The summed E-state index contributed by atoms with van der Waals surface area (Å²) in [6, 6.07) is 1.53. The summed E-state index contributed by atoms with van der Waals surface area (Å²) in [6.07, 6.45) is 3.38. The van der Waals surface area contributed by atoms with Gasteiger partial charge in [-0.25, -0.2) is 0 Å². The van der Waals surface area contributed by atoms with E-state index in [1.807, 2.05) is 18.4 Å². The van der Waals surface area contributed by atoms with Crippen LogP contribution in [-0.2, 0) is 11.3 Å². The number of ether oxygens (including phenoxy) is 1. The second-order valence-corrected chi connectivity index (χ2v) is 4.59. The molecule has 2 aromatic heterocycles. The second kappa shape index (κ2) is 6.33. The molecule has 0 radical (unpaired) electrons. The molecule has 20 heavy (non-hydrogen) atoms. The van der Waals surface area contributed by atoms with Crippen LogP contribution in [0.25, 0.3) is 0 Å². The number of carbonyl (C=O) groups excluding carboxylic acids is 1. The van der Waals surface area contributed by atoms with Crippen molar-refractivity contribution < 1.29 is 9.53 Å². The monoisotopic (exact) mass is 277 g/mol. The van der Waals surface area contributed by atoms with Crippen LogP contribution < -0.4 is 5.32 Å². The van der Waals surface area contributed by atoms with Crippen molar-refractivity contribution in [1.29, 1.82) is 0 Å².